The Morgan fingerprint density at radius 2 is 1.47 bits per heavy atom. The van der Waals surface area contributed by atoms with Crippen LogP contribution in [0, 0.1) is 0 Å². The second-order valence-electron chi connectivity index (χ2n) is 7.39. The summed E-state index contributed by atoms with van der Waals surface area (Å²) in [6.07, 6.45) is -1.80. The monoisotopic (exact) mass is 414 g/mol. The van der Waals surface area contributed by atoms with Crippen LogP contribution in [-0.4, -0.2) is 65.2 Å². The van der Waals surface area contributed by atoms with Crippen molar-refractivity contribution in [3.63, 3.8) is 0 Å². The quantitative estimate of drug-likeness (QED) is 0.587. The normalized spacial score (nSPS) is 28.9. The number of benzene rings is 2. The molecular formula is C24H30O6. The second kappa shape index (κ2) is 10.3. The van der Waals surface area contributed by atoms with E-state index in [1.807, 2.05) is 60.7 Å². The summed E-state index contributed by atoms with van der Waals surface area (Å²) >= 11 is 0. The highest BCUT2D eigenvalue weighted by Gasteiger charge is 2.57. The van der Waals surface area contributed by atoms with Crippen LogP contribution in [0.5, 0.6) is 0 Å². The van der Waals surface area contributed by atoms with Crippen LogP contribution >= 0.6 is 0 Å². The molecule has 0 unspecified atom stereocenters. The van der Waals surface area contributed by atoms with E-state index in [0.29, 0.717) is 12.2 Å². The minimum atomic E-state index is -1.07. The summed E-state index contributed by atoms with van der Waals surface area (Å²) < 4.78 is 29.6. The number of hydrogen-bond donors (Lipinski definition) is 0. The number of ether oxygens (including phenoxy) is 5. The number of methoxy groups -OCH3 is 4. The molecule has 3 rings (SSSR count). The SMILES string of the molecule is COC[C@H]1O[C@@](CC(=O)c2ccccc2)(c2ccccc2)[C@H](OC)[C@@H](OC)[C@@H]1OC. The highest BCUT2D eigenvalue weighted by Crippen LogP contribution is 2.44. The van der Waals surface area contributed by atoms with E-state index in [1.54, 1.807) is 28.4 Å². The summed E-state index contributed by atoms with van der Waals surface area (Å²) in [5.74, 6) is -0.0385. The van der Waals surface area contributed by atoms with Crippen molar-refractivity contribution in [2.75, 3.05) is 35.0 Å². The molecule has 1 fully saturated rings. The highest BCUT2D eigenvalue weighted by molar-refractivity contribution is 5.96. The van der Waals surface area contributed by atoms with E-state index in [-0.39, 0.29) is 12.2 Å². The number of hydrogen-bond acceptors (Lipinski definition) is 6. The van der Waals surface area contributed by atoms with Gasteiger partial charge >= 0.3 is 0 Å². The summed E-state index contributed by atoms with van der Waals surface area (Å²) in [5.41, 5.74) is 0.401. The molecule has 0 saturated carbocycles. The number of Topliss-reactive ketones (excluding diaryl/α,β-unsaturated/α-hetero) is 1. The van der Waals surface area contributed by atoms with Crippen molar-refractivity contribution in [3.05, 3.63) is 71.8 Å². The first kappa shape index (κ1) is 22.6. The van der Waals surface area contributed by atoms with Crippen molar-refractivity contribution in [2.24, 2.45) is 0 Å². The predicted molar refractivity (Wildman–Crippen MR) is 113 cm³/mol. The molecule has 2 aromatic rings. The van der Waals surface area contributed by atoms with Crippen molar-refractivity contribution in [3.8, 4) is 0 Å². The van der Waals surface area contributed by atoms with Gasteiger partial charge in [-0.05, 0) is 5.56 Å². The minimum absolute atomic E-state index is 0.0385. The lowest BCUT2D eigenvalue weighted by Crippen LogP contribution is -2.65. The van der Waals surface area contributed by atoms with Crippen molar-refractivity contribution < 1.29 is 28.5 Å². The number of carbonyl (C=O) groups is 1. The van der Waals surface area contributed by atoms with Crippen molar-refractivity contribution in [2.45, 2.75) is 36.4 Å². The van der Waals surface area contributed by atoms with Crippen molar-refractivity contribution in [1.29, 1.82) is 0 Å². The van der Waals surface area contributed by atoms with E-state index >= 15 is 0 Å². The number of carbonyl (C=O) groups excluding carboxylic acids is 1. The standard InChI is InChI=1S/C24H30O6/c1-26-16-20-21(27-2)22(28-3)23(29-4)24(30-20,18-13-9-6-10-14-18)15-19(25)17-11-7-5-8-12-17/h5-14,20-23H,15-16H2,1-4H3/t20-,21-,22+,23-,24+/m1/s1. The van der Waals surface area contributed by atoms with Crippen LogP contribution in [0.2, 0.25) is 0 Å². The number of ketones is 1. The second-order valence-corrected chi connectivity index (χ2v) is 7.39. The summed E-state index contributed by atoms with van der Waals surface area (Å²) in [5, 5.41) is 0. The largest absolute Gasteiger partial charge is 0.382 e. The molecule has 162 valence electrons. The first-order chi connectivity index (χ1) is 14.6. The van der Waals surface area contributed by atoms with E-state index < -0.39 is 30.0 Å². The average Bonchev–Trinajstić information content (AvgIpc) is 2.79. The third-order valence-corrected chi connectivity index (χ3v) is 5.72. The van der Waals surface area contributed by atoms with Crippen LogP contribution < -0.4 is 0 Å². The van der Waals surface area contributed by atoms with Gasteiger partial charge in [0.25, 0.3) is 0 Å². The average molecular weight is 414 g/mol. The lowest BCUT2D eigenvalue weighted by molar-refractivity contribution is -0.293. The van der Waals surface area contributed by atoms with E-state index in [9.17, 15) is 4.79 Å². The Hall–Kier alpha value is -2.09. The van der Waals surface area contributed by atoms with Gasteiger partial charge in [-0.15, -0.1) is 0 Å². The van der Waals surface area contributed by atoms with Gasteiger partial charge in [0.15, 0.2) is 5.78 Å². The maximum absolute atomic E-state index is 13.3. The molecular weight excluding hydrogens is 384 g/mol. The molecule has 1 aliphatic rings. The molecule has 30 heavy (non-hydrogen) atoms. The van der Waals surface area contributed by atoms with Gasteiger partial charge in [-0.25, -0.2) is 0 Å². The molecule has 1 saturated heterocycles. The summed E-state index contributed by atoms with van der Waals surface area (Å²) in [6.45, 7) is 0.295. The number of rotatable bonds is 9. The van der Waals surface area contributed by atoms with Crippen LogP contribution in [-0.2, 0) is 29.3 Å². The Labute approximate surface area is 178 Å². The van der Waals surface area contributed by atoms with Gasteiger partial charge < -0.3 is 23.7 Å². The molecule has 0 amide bonds. The third kappa shape index (κ3) is 4.33. The Balaban J connectivity index is 2.11. The van der Waals surface area contributed by atoms with Crippen LogP contribution in [0.1, 0.15) is 22.3 Å². The minimum Gasteiger partial charge on any atom is -0.382 e. The van der Waals surface area contributed by atoms with E-state index in [4.69, 9.17) is 23.7 Å². The smallest absolute Gasteiger partial charge is 0.166 e. The molecule has 1 heterocycles. The fourth-order valence-corrected chi connectivity index (χ4v) is 4.38. The van der Waals surface area contributed by atoms with Gasteiger partial charge in [-0.1, -0.05) is 60.7 Å². The van der Waals surface area contributed by atoms with Crippen molar-refractivity contribution in [1.82, 2.24) is 0 Å². The zero-order chi connectivity index (χ0) is 21.6. The lowest BCUT2D eigenvalue weighted by atomic mass is 9.75. The maximum atomic E-state index is 13.3. The molecule has 0 spiro atoms. The van der Waals surface area contributed by atoms with Crippen LogP contribution in [0.3, 0.4) is 0 Å². The Morgan fingerprint density at radius 1 is 0.867 bits per heavy atom. The van der Waals surface area contributed by atoms with Gasteiger partial charge in [-0.3, -0.25) is 4.79 Å². The zero-order valence-corrected chi connectivity index (χ0v) is 17.9. The van der Waals surface area contributed by atoms with Gasteiger partial charge in [0.2, 0.25) is 0 Å². The molecule has 2 aromatic carbocycles. The summed E-state index contributed by atoms with van der Waals surface area (Å²) in [7, 11) is 6.44. The van der Waals surface area contributed by atoms with E-state index in [0.717, 1.165) is 5.56 Å². The molecule has 0 aliphatic carbocycles. The molecule has 6 heteroatoms. The molecule has 0 radical (unpaired) electrons. The van der Waals surface area contributed by atoms with Crippen LogP contribution in [0.4, 0.5) is 0 Å². The Kier molecular flexibility index (Phi) is 7.75. The fourth-order valence-electron chi connectivity index (χ4n) is 4.38. The van der Waals surface area contributed by atoms with Crippen molar-refractivity contribution >= 4 is 5.78 Å². The van der Waals surface area contributed by atoms with E-state index in [2.05, 4.69) is 0 Å². The molecule has 0 N–H and O–H groups in total. The molecule has 0 aromatic heterocycles. The zero-order valence-electron chi connectivity index (χ0n) is 17.9. The highest BCUT2D eigenvalue weighted by atomic mass is 16.6. The Morgan fingerprint density at radius 3 is 2.00 bits per heavy atom. The Bertz CT molecular complexity index is 796. The lowest BCUT2D eigenvalue weighted by Gasteiger charge is -2.52. The first-order valence-electron chi connectivity index (χ1n) is 10.00. The molecule has 0 bridgehead atoms. The summed E-state index contributed by atoms with van der Waals surface area (Å²) in [4.78, 5) is 13.3. The van der Waals surface area contributed by atoms with Gasteiger partial charge in [-0.2, -0.15) is 0 Å². The molecule has 1 aliphatic heterocycles. The van der Waals surface area contributed by atoms with Crippen LogP contribution in [0.15, 0.2) is 60.7 Å². The van der Waals surface area contributed by atoms with Crippen LogP contribution in [0.25, 0.3) is 0 Å². The fraction of sp³-hybridized carbons (Fsp3) is 0.458. The summed E-state index contributed by atoms with van der Waals surface area (Å²) in [6, 6.07) is 18.9. The van der Waals surface area contributed by atoms with Gasteiger partial charge in [0.05, 0.1) is 6.61 Å². The van der Waals surface area contributed by atoms with E-state index in [1.165, 1.54) is 0 Å². The topological polar surface area (TPSA) is 63.2 Å². The van der Waals surface area contributed by atoms with Gasteiger partial charge in [0, 0.05) is 40.4 Å². The maximum Gasteiger partial charge on any atom is 0.166 e. The first-order valence-corrected chi connectivity index (χ1v) is 10.00. The predicted octanol–water partition coefficient (Wildman–Crippen LogP) is 3.25. The molecule has 6 nitrogen and oxygen atoms in total. The van der Waals surface area contributed by atoms with Gasteiger partial charge in [0.1, 0.15) is 30.0 Å². The molecule has 5 atom stereocenters. The third-order valence-electron chi connectivity index (χ3n) is 5.72.